The van der Waals surface area contributed by atoms with Crippen LogP contribution in [0.2, 0.25) is 0 Å². The van der Waals surface area contributed by atoms with Crippen molar-refractivity contribution in [1.82, 2.24) is 4.90 Å². The molecule has 77 valence electrons. The number of nitrogens with zero attached hydrogens (tertiary/aromatic N) is 1. The van der Waals surface area contributed by atoms with Gasteiger partial charge in [-0.25, -0.2) is 0 Å². The van der Waals surface area contributed by atoms with E-state index < -0.39 is 0 Å². The molecule has 1 radical (unpaired) electrons. The minimum atomic E-state index is 0.758. The standard InChI is InChI=1S/C11H23N2/c1-10(2)9-13-8-4-3-5-11(13)6-7-12/h11H,3-9,12H2,1-2H3. The van der Waals surface area contributed by atoms with Crippen LogP contribution in [-0.4, -0.2) is 30.6 Å². The molecule has 1 fully saturated rings. The molecule has 0 aromatic carbocycles. The van der Waals surface area contributed by atoms with Crippen molar-refractivity contribution in [3.05, 3.63) is 5.92 Å². The van der Waals surface area contributed by atoms with Crippen LogP contribution in [0.25, 0.3) is 0 Å². The van der Waals surface area contributed by atoms with Gasteiger partial charge >= 0.3 is 0 Å². The van der Waals surface area contributed by atoms with E-state index in [-0.39, 0.29) is 0 Å². The van der Waals surface area contributed by atoms with E-state index in [1.54, 1.807) is 0 Å². The zero-order valence-corrected chi connectivity index (χ0v) is 9.05. The highest BCUT2D eigenvalue weighted by molar-refractivity contribution is 4.87. The van der Waals surface area contributed by atoms with Crippen molar-refractivity contribution in [1.29, 1.82) is 0 Å². The van der Waals surface area contributed by atoms with Gasteiger partial charge < -0.3 is 5.73 Å². The SMILES string of the molecule is C[C](C)CN1CCCCC1CCN. The summed E-state index contributed by atoms with van der Waals surface area (Å²) in [5.41, 5.74) is 5.62. The summed E-state index contributed by atoms with van der Waals surface area (Å²) in [7, 11) is 0. The molecule has 1 heterocycles. The average Bonchev–Trinajstić information content (AvgIpc) is 2.08. The lowest BCUT2D eigenvalue weighted by atomic mass is 9.98. The van der Waals surface area contributed by atoms with E-state index in [2.05, 4.69) is 18.7 Å². The Kier molecular flexibility index (Phi) is 4.74. The Morgan fingerprint density at radius 2 is 2.15 bits per heavy atom. The van der Waals surface area contributed by atoms with Crippen molar-refractivity contribution in [2.24, 2.45) is 5.73 Å². The molecule has 0 aromatic heterocycles. The van der Waals surface area contributed by atoms with Gasteiger partial charge in [0, 0.05) is 12.6 Å². The number of likely N-dealkylation sites (tertiary alicyclic amines) is 1. The van der Waals surface area contributed by atoms with E-state index in [1.807, 2.05) is 0 Å². The zero-order chi connectivity index (χ0) is 9.68. The van der Waals surface area contributed by atoms with Crippen molar-refractivity contribution in [3.8, 4) is 0 Å². The van der Waals surface area contributed by atoms with E-state index in [4.69, 9.17) is 5.73 Å². The largest absolute Gasteiger partial charge is 0.330 e. The first-order valence-electron chi connectivity index (χ1n) is 5.47. The lowest BCUT2D eigenvalue weighted by Gasteiger charge is -2.36. The lowest BCUT2D eigenvalue weighted by molar-refractivity contribution is 0.148. The monoisotopic (exact) mass is 183 g/mol. The average molecular weight is 183 g/mol. The summed E-state index contributed by atoms with van der Waals surface area (Å²) in [6, 6.07) is 0.758. The fourth-order valence-electron chi connectivity index (χ4n) is 2.19. The van der Waals surface area contributed by atoms with Crippen molar-refractivity contribution in [2.45, 2.75) is 45.6 Å². The number of nitrogens with two attached hydrogens (primary N) is 1. The maximum atomic E-state index is 5.62. The van der Waals surface area contributed by atoms with Crippen molar-refractivity contribution in [2.75, 3.05) is 19.6 Å². The fraction of sp³-hybridized carbons (Fsp3) is 0.909. The molecule has 13 heavy (non-hydrogen) atoms. The molecule has 1 rings (SSSR count). The topological polar surface area (TPSA) is 29.3 Å². The lowest BCUT2D eigenvalue weighted by Crippen LogP contribution is -2.42. The third-order valence-corrected chi connectivity index (χ3v) is 2.77. The summed E-state index contributed by atoms with van der Waals surface area (Å²) >= 11 is 0. The molecule has 0 amide bonds. The Morgan fingerprint density at radius 3 is 2.77 bits per heavy atom. The Bertz CT molecular complexity index is 132. The van der Waals surface area contributed by atoms with Gasteiger partial charge in [0.05, 0.1) is 0 Å². The third kappa shape index (κ3) is 3.65. The smallest absolute Gasteiger partial charge is 0.0107 e. The van der Waals surface area contributed by atoms with Crippen molar-refractivity contribution >= 4 is 0 Å². The van der Waals surface area contributed by atoms with Gasteiger partial charge in [0.2, 0.25) is 0 Å². The Balaban J connectivity index is 2.36. The molecule has 2 N–H and O–H groups in total. The van der Waals surface area contributed by atoms with E-state index in [0.29, 0.717) is 0 Å². The highest BCUT2D eigenvalue weighted by Crippen LogP contribution is 2.20. The molecule has 0 bridgehead atoms. The molecule has 1 aliphatic rings. The summed E-state index contributed by atoms with van der Waals surface area (Å²) < 4.78 is 0. The van der Waals surface area contributed by atoms with Gasteiger partial charge in [-0.05, 0) is 38.3 Å². The van der Waals surface area contributed by atoms with Crippen molar-refractivity contribution in [3.63, 3.8) is 0 Å². The van der Waals surface area contributed by atoms with E-state index in [9.17, 15) is 0 Å². The van der Waals surface area contributed by atoms with E-state index >= 15 is 0 Å². The van der Waals surface area contributed by atoms with Crippen LogP contribution in [0.3, 0.4) is 0 Å². The first kappa shape index (κ1) is 11.0. The van der Waals surface area contributed by atoms with Gasteiger partial charge in [-0.1, -0.05) is 20.3 Å². The number of hydrogen-bond donors (Lipinski definition) is 1. The molecule has 1 saturated heterocycles. The van der Waals surface area contributed by atoms with Crippen LogP contribution in [0.1, 0.15) is 39.5 Å². The summed E-state index contributed by atoms with van der Waals surface area (Å²) in [5.74, 6) is 1.52. The predicted molar refractivity (Wildman–Crippen MR) is 57.5 cm³/mol. The molecule has 0 saturated carbocycles. The van der Waals surface area contributed by atoms with Gasteiger partial charge in [0.15, 0.2) is 0 Å². The Labute approximate surface area is 82.5 Å². The summed E-state index contributed by atoms with van der Waals surface area (Å²) in [5, 5.41) is 0. The summed E-state index contributed by atoms with van der Waals surface area (Å²) in [4.78, 5) is 2.60. The van der Waals surface area contributed by atoms with Crippen LogP contribution in [0.5, 0.6) is 0 Å². The van der Waals surface area contributed by atoms with E-state index in [1.165, 1.54) is 44.7 Å². The highest BCUT2D eigenvalue weighted by atomic mass is 15.2. The predicted octanol–water partition coefficient (Wildman–Crippen LogP) is 1.80. The molecule has 1 atom stereocenters. The number of hydrogen-bond acceptors (Lipinski definition) is 2. The maximum Gasteiger partial charge on any atom is 0.0107 e. The molecular formula is C11H23N2. The normalized spacial score (nSPS) is 25.4. The summed E-state index contributed by atoms with van der Waals surface area (Å²) in [6.07, 6.45) is 5.29. The van der Waals surface area contributed by atoms with Crippen LogP contribution in [0.4, 0.5) is 0 Å². The van der Waals surface area contributed by atoms with Crippen LogP contribution in [0.15, 0.2) is 0 Å². The molecule has 2 heteroatoms. The minimum absolute atomic E-state index is 0.758. The highest BCUT2D eigenvalue weighted by Gasteiger charge is 2.21. The second-order valence-corrected chi connectivity index (χ2v) is 4.40. The molecule has 1 unspecified atom stereocenters. The molecule has 1 aliphatic heterocycles. The van der Waals surface area contributed by atoms with Gasteiger partial charge in [-0.2, -0.15) is 0 Å². The second-order valence-electron chi connectivity index (χ2n) is 4.40. The molecule has 0 aliphatic carbocycles. The van der Waals surface area contributed by atoms with Crippen molar-refractivity contribution < 1.29 is 0 Å². The summed E-state index contributed by atoms with van der Waals surface area (Å²) in [6.45, 7) is 7.71. The van der Waals surface area contributed by atoms with Gasteiger partial charge in [-0.3, -0.25) is 4.90 Å². The van der Waals surface area contributed by atoms with Crippen LogP contribution < -0.4 is 5.73 Å². The second kappa shape index (κ2) is 5.61. The van der Waals surface area contributed by atoms with Gasteiger partial charge in [-0.15, -0.1) is 0 Å². The van der Waals surface area contributed by atoms with Crippen LogP contribution >= 0.6 is 0 Å². The third-order valence-electron chi connectivity index (χ3n) is 2.77. The van der Waals surface area contributed by atoms with Gasteiger partial charge in [0.25, 0.3) is 0 Å². The molecule has 0 spiro atoms. The molecule has 0 aromatic rings. The Morgan fingerprint density at radius 1 is 1.38 bits per heavy atom. The maximum absolute atomic E-state index is 5.62. The molecular weight excluding hydrogens is 160 g/mol. The first-order valence-corrected chi connectivity index (χ1v) is 5.47. The Hall–Kier alpha value is -0.0800. The number of rotatable bonds is 4. The number of piperidine rings is 1. The van der Waals surface area contributed by atoms with E-state index in [0.717, 1.165) is 12.6 Å². The first-order chi connectivity index (χ1) is 6.24. The minimum Gasteiger partial charge on any atom is -0.330 e. The quantitative estimate of drug-likeness (QED) is 0.720. The zero-order valence-electron chi connectivity index (χ0n) is 9.05. The van der Waals surface area contributed by atoms with Gasteiger partial charge in [0.1, 0.15) is 0 Å². The molecule has 2 nitrogen and oxygen atoms in total. The fourth-order valence-corrected chi connectivity index (χ4v) is 2.19. The van der Waals surface area contributed by atoms with Crippen LogP contribution in [0, 0.1) is 5.92 Å². The van der Waals surface area contributed by atoms with Crippen LogP contribution in [-0.2, 0) is 0 Å².